The molecular formula is C18H17N5O6. The zero-order chi connectivity index (χ0) is 20.6. The van der Waals surface area contributed by atoms with Gasteiger partial charge in [0.25, 0.3) is 5.69 Å². The van der Waals surface area contributed by atoms with Crippen LogP contribution in [-0.4, -0.2) is 50.8 Å². The van der Waals surface area contributed by atoms with Crippen molar-refractivity contribution in [3.63, 3.8) is 0 Å². The zero-order valence-electron chi connectivity index (χ0n) is 15.3. The van der Waals surface area contributed by atoms with Crippen LogP contribution in [0.4, 0.5) is 11.4 Å². The molecule has 4 aliphatic rings. The van der Waals surface area contributed by atoms with E-state index < -0.39 is 40.6 Å². The molecule has 0 unspecified atom stereocenters. The molecule has 1 aromatic rings. The van der Waals surface area contributed by atoms with E-state index in [0.717, 1.165) is 4.90 Å². The minimum atomic E-state index is -1.22. The van der Waals surface area contributed by atoms with Crippen molar-refractivity contribution in [2.75, 3.05) is 5.01 Å². The monoisotopic (exact) mass is 399 g/mol. The van der Waals surface area contributed by atoms with Gasteiger partial charge in [-0.2, -0.15) is 5.11 Å². The summed E-state index contributed by atoms with van der Waals surface area (Å²) in [4.78, 5) is 48.5. The van der Waals surface area contributed by atoms with Crippen LogP contribution >= 0.6 is 0 Å². The van der Waals surface area contributed by atoms with E-state index in [0.29, 0.717) is 12.1 Å². The largest absolute Gasteiger partial charge is 0.480 e. The molecule has 2 heterocycles. The molecule has 1 N–H and O–H groups in total. The molecule has 3 fully saturated rings. The third kappa shape index (κ3) is 2.21. The first-order valence-electron chi connectivity index (χ1n) is 9.35. The molecule has 2 aliphatic carbocycles. The predicted octanol–water partition coefficient (Wildman–Crippen LogP) is 1.24. The zero-order valence-corrected chi connectivity index (χ0v) is 15.3. The Bertz CT molecular complexity index is 977. The second-order valence-corrected chi connectivity index (χ2v) is 7.98. The van der Waals surface area contributed by atoms with E-state index in [2.05, 4.69) is 10.3 Å². The lowest BCUT2D eigenvalue weighted by Gasteiger charge is -2.33. The van der Waals surface area contributed by atoms with Crippen LogP contribution in [0.1, 0.15) is 13.3 Å². The van der Waals surface area contributed by atoms with Crippen LogP contribution in [0.15, 0.2) is 34.6 Å². The van der Waals surface area contributed by atoms with E-state index in [-0.39, 0.29) is 29.6 Å². The summed E-state index contributed by atoms with van der Waals surface area (Å²) in [5.74, 6) is -3.54. The first-order valence-corrected chi connectivity index (χ1v) is 9.35. The molecule has 2 aliphatic heterocycles. The maximum absolute atomic E-state index is 13.0. The van der Waals surface area contributed by atoms with Crippen molar-refractivity contribution in [2.24, 2.45) is 34.0 Å². The minimum absolute atomic E-state index is 0.0377. The van der Waals surface area contributed by atoms with Crippen LogP contribution in [-0.2, 0) is 14.4 Å². The van der Waals surface area contributed by atoms with Gasteiger partial charge in [-0.15, -0.1) is 0 Å². The van der Waals surface area contributed by atoms with E-state index in [1.165, 1.54) is 19.1 Å². The fourth-order valence-corrected chi connectivity index (χ4v) is 5.55. The number of imide groups is 1. The Kier molecular flexibility index (Phi) is 3.55. The number of rotatable bonds is 4. The highest BCUT2D eigenvalue weighted by Crippen LogP contribution is 2.60. The summed E-state index contributed by atoms with van der Waals surface area (Å²) in [6.45, 7) is 1.34. The molecule has 2 saturated carbocycles. The van der Waals surface area contributed by atoms with Crippen LogP contribution in [0.3, 0.4) is 0 Å². The highest BCUT2D eigenvalue weighted by molar-refractivity contribution is 6.08. The maximum Gasteiger partial charge on any atom is 0.326 e. The van der Waals surface area contributed by atoms with Gasteiger partial charge < -0.3 is 5.11 Å². The van der Waals surface area contributed by atoms with Crippen LogP contribution in [0.25, 0.3) is 0 Å². The van der Waals surface area contributed by atoms with Gasteiger partial charge in [-0.25, -0.2) is 9.80 Å². The van der Waals surface area contributed by atoms with E-state index in [9.17, 15) is 29.6 Å². The smallest absolute Gasteiger partial charge is 0.326 e. The third-order valence-electron chi connectivity index (χ3n) is 6.76. The number of likely N-dealkylation sites (tertiary alicyclic amines) is 1. The van der Waals surface area contributed by atoms with Gasteiger partial charge in [0.15, 0.2) is 0 Å². The Morgan fingerprint density at radius 1 is 1.21 bits per heavy atom. The first kappa shape index (κ1) is 17.7. The molecule has 5 rings (SSSR count). The van der Waals surface area contributed by atoms with Crippen molar-refractivity contribution in [3.05, 3.63) is 34.4 Å². The Hall–Kier alpha value is -3.37. The second kappa shape index (κ2) is 5.82. The lowest BCUT2D eigenvalue weighted by atomic mass is 9.76. The number of amides is 2. The van der Waals surface area contributed by atoms with Gasteiger partial charge in [0, 0.05) is 12.1 Å². The molecule has 2 bridgehead atoms. The van der Waals surface area contributed by atoms with Crippen molar-refractivity contribution in [1.82, 2.24) is 4.90 Å². The number of non-ortho nitro benzene ring substituents is 1. The maximum atomic E-state index is 13.0. The second-order valence-electron chi connectivity index (χ2n) is 7.98. The number of fused-ring (bicyclic) bond motifs is 8. The van der Waals surface area contributed by atoms with Crippen LogP contribution in [0.2, 0.25) is 0 Å². The molecule has 29 heavy (non-hydrogen) atoms. The Balaban J connectivity index is 1.45. The molecule has 0 aromatic heterocycles. The number of hydrogen-bond acceptors (Lipinski definition) is 8. The molecule has 150 valence electrons. The lowest BCUT2D eigenvalue weighted by Crippen LogP contribution is -2.47. The Morgan fingerprint density at radius 2 is 1.83 bits per heavy atom. The minimum Gasteiger partial charge on any atom is -0.480 e. The lowest BCUT2D eigenvalue weighted by molar-refractivity contribution is -0.384. The molecule has 0 radical (unpaired) electrons. The SMILES string of the molecule is C[C@@H](C(=O)O)N1C(=O)[C@@H]2[C@@H]3C[C@@H]([C@@H]2C1=O)[C@@H]1[C@@H]3N=NN1c1ccc([N+](=O)[O-])cc1. The van der Waals surface area contributed by atoms with E-state index >= 15 is 0 Å². The number of carbonyl (C=O) groups excluding carboxylic acids is 2. The van der Waals surface area contributed by atoms with E-state index in [1.807, 2.05) is 0 Å². The number of carbonyl (C=O) groups is 3. The van der Waals surface area contributed by atoms with Crippen molar-refractivity contribution < 1.29 is 24.4 Å². The van der Waals surface area contributed by atoms with Crippen LogP contribution < -0.4 is 5.01 Å². The van der Waals surface area contributed by atoms with E-state index in [4.69, 9.17) is 0 Å². The fourth-order valence-electron chi connectivity index (χ4n) is 5.55. The average Bonchev–Trinajstić information content (AvgIpc) is 3.41. The Labute approximate surface area is 164 Å². The number of anilines is 1. The molecule has 11 heteroatoms. The molecular weight excluding hydrogens is 382 g/mol. The van der Waals surface area contributed by atoms with Gasteiger partial charge in [-0.3, -0.25) is 24.6 Å². The number of benzene rings is 1. The normalized spacial score (nSPS) is 35.2. The van der Waals surface area contributed by atoms with Gasteiger partial charge in [-0.1, -0.05) is 5.22 Å². The predicted molar refractivity (Wildman–Crippen MR) is 95.5 cm³/mol. The standard InChI is InChI=1S/C18H17N5O6/c1-7(18(26)27)21-16(24)12-10-6-11(13(12)17(21)25)15-14(10)19-20-22(15)8-2-4-9(5-3-8)23(28)29/h2-5,7,10-15H,6H2,1H3,(H,26,27)/t7-,10-,11-,12+,13-,14+,15+/m0/s1. The summed E-state index contributed by atoms with van der Waals surface area (Å²) >= 11 is 0. The number of carboxylic acid groups (broad SMARTS) is 1. The van der Waals surface area contributed by atoms with Crippen molar-refractivity contribution in [2.45, 2.75) is 31.5 Å². The molecule has 1 saturated heterocycles. The number of aliphatic carboxylic acids is 1. The number of hydrogen-bond donors (Lipinski definition) is 1. The van der Waals surface area contributed by atoms with Gasteiger partial charge in [0.2, 0.25) is 11.8 Å². The third-order valence-corrected chi connectivity index (χ3v) is 6.76. The molecule has 0 spiro atoms. The van der Waals surface area contributed by atoms with Crippen molar-refractivity contribution in [1.29, 1.82) is 0 Å². The van der Waals surface area contributed by atoms with Crippen LogP contribution in [0, 0.1) is 33.8 Å². The Morgan fingerprint density at radius 3 is 2.41 bits per heavy atom. The highest BCUT2D eigenvalue weighted by Gasteiger charge is 2.70. The van der Waals surface area contributed by atoms with Gasteiger partial charge in [0.1, 0.15) is 6.04 Å². The summed E-state index contributed by atoms with van der Waals surface area (Å²) in [5, 5.41) is 30.4. The molecule has 2 amide bonds. The molecule has 7 atom stereocenters. The van der Waals surface area contributed by atoms with E-state index in [1.54, 1.807) is 17.1 Å². The average molecular weight is 399 g/mol. The van der Waals surface area contributed by atoms with Crippen molar-refractivity contribution >= 4 is 29.2 Å². The van der Waals surface area contributed by atoms with Crippen molar-refractivity contribution in [3.8, 4) is 0 Å². The summed E-state index contributed by atoms with van der Waals surface area (Å²) in [6, 6.07) is 4.26. The molecule has 11 nitrogen and oxygen atoms in total. The summed E-state index contributed by atoms with van der Waals surface area (Å²) in [5.41, 5.74) is 0.591. The fraction of sp³-hybridized carbons (Fsp3) is 0.500. The number of nitrogens with zero attached hydrogens (tertiary/aromatic N) is 5. The van der Waals surface area contributed by atoms with Crippen LogP contribution in [0.5, 0.6) is 0 Å². The summed E-state index contributed by atoms with van der Waals surface area (Å²) < 4.78 is 0. The summed E-state index contributed by atoms with van der Waals surface area (Å²) in [7, 11) is 0. The molecule has 1 aromatic carbocycles. The topological polar surface area (TPSA) is 146 Å². The number of nitro groups is 1. The number of nitro benzene ring substituents is 1. The summed E-state index contributed by atoms with van der Waals surface area (Å²) in [6.07, 6.45) is 0.653. The van der Waals surface area contributed by atoms with Gasteiger partial charge in [-0.05, 0) is 37.3 Å². The first-order chi connectivity index (χ1) is 13.8. The highest BCUT2D eigenvalue weighted by atomic mass is 16.6. The number of carboxylic acids is 1. The van der Waals surface area contributed by atoms with Gasteiger partial charge in [0.05, 0.1) is 34.5 Å². The van der Waals surface area contributed by atoms with Gasteiger partial charge >= 0.3 is 5.97 Å². The quantitative estimate of drug-likeness (QED) is 0.455.